The molecule has 0 radical (unpaired) electrons. The van der Waals surface area contributed by atoms with Gasteiger partial charge in [0.15, 0.2) is 0 Å². The van der Waals surface area contributed by atoms with E-state index >= 15 is 0 Å². The van der Waals surface area contributed by atoms with Crippen molar-refractivity contribution in [2.24, 2.45) is 0 Å². The molecule has 0 aliphatic carbocycles. The van der Waals surface area contributed by atoms with Gasteiger partial charge < -0.3 is 14.8 Å². The topological polar surface area (TPSA) is 47.6 Å². The van der Waals surface area contributed by atoms with Gasteiger partial charge in [-0.2, -0.15) is 0 Å². The molecule has 20 heavy (non-hydrogen) atoms. The Kier molecular flexibility index (Phi) is 4.66. The average molecular weight is 275 g/mol. The SMILES string of the molecule is C=C(CC1CCc2cc(NC(C)=O)ccc2O1)OCC. The summed E-state index contributed by atoms with van der Waals surface area (Å²) in [6, 6.07) is 5.75. The van der Waals surface area contributed by atoms with E-state index in [0.717, 1.165) is 42.0 Å². The number of benzene rings is 1. The Balaban J connectivity index is 2.00. The number of hydrogen-bond donors (Lipinski definition) is 1. The molecular weight excluding hydrogens is 254 g/mol. The molecule has 0 saturated heterocycles. The van der Waals surface area contributed by atoms with Gasteiger partial charge in [0.25, 0.3) is 0 Å². The third-order valence-electron chi connectivity index (χ3n) is 3.21. The first-order valence-corrected chi connectivity index (χ1v) is 6.96. The van der Waals surface area contributed by atoms with Crippen LogP contribution in [-0.4, -0.2) is 18.6 Å². The predicted molar refractivity (Wildman–Crippen MR) is 78.9 cm³/mol. The maximum Gasteiger partial charge on any atom is 0.221 e. The van der Waals surface area contributed by atoms with E-state index in [2.05, 4.69) is 11.9 Å². The van der Waals surface area contributed by atoms with Crippen molar-refractivity contribution >= 4 is 11.6 Å². The summed E-state index contributed by atoms with van der Waals surface area (Å²) < 4.78 is 11.3. The van der Waals surface area contributed by atoms with Crippen LogP contribution in [0.25, 0.3) is 0 Å². The van der Waals surface area contributed by atoms with Crippen LogP contribution in [0.5, 0.6) is 5.75 Å². The molecule has 4 nitrogen and oxygen atoms in total. The van der Waals surface area contributed by atoms with Crippen LogP contribution in [0.4, 0.5) is 5.69 Å². The highest BCUT2D eigenvalue weighted by atomic mass is 16.5. The maximum atomic E-state index is 11.1. The van der Waals surface area contributed by atoms with Crippen LogP contribution in [0.15, 0.2) is 30.5 Å². The van der Waals surface area contributed by atoms with Crippen molar-refractivity contribution in [2.75, 3.05) is 11.9 Å². The first kappa shape index (κ1) is 14.4. The number of hydrogen-bond acceptors (Lipinski definition) is 3. The van der Waals surface area contributed by atoms with Crippen LogP contribution in [0.3, 0.4) is 0 Å². The smallest absolute Gasteiger partial charge is 0.221 e. The lowest BCUT2D eigenvalue weighted by atomic mass is 9.99. The van der Waals surface area contributed by atoms with Crippen molar-refractivity contribution in [1.29, 1.82) is 0 Å². The molecule has 1 N–H and O–H groups in total. The van der Waals surface area contributed by atoms with Crippen molar-refractivity contribution in [2.45, 2.75) is 39.2 Å². The Bertz CT molecular complexity index is 510. The maximum absolute atomic E-state index is 11.1. The Morgan fingerprint density at radius 1 is 1.55 bits per heavy atom. The number of nitrogens with one attached hydrogen (secondary N) is 1. The molecule has 4 heteroatoms. The molecule has 0 fully saturated rings. The largest absolute Gasteiger partial charge is 0.499 e. The zero-order valence-electron chi connectivity index (χ0n) is 12.1. The van der Waals surface area contributed by atoms with Gasteiger partial charge in [-0.05, 0) is 43.5 Å². The standard InChI is InChI=1S/C16H21NO3/c1-4-19-11(2)9-15-7-5-13-10-14(17-12(3)18)6-8-16(13)20-15/h6,8,10,15H,2,4-5,7,9H2,1,3H3,(H,17,18). The first-order valence-electron chi connectivity index (χ1n) is 6.96. The van der Waals surface area contributed by atoms with Gasteiger partial charge >= 0.3 is 0 Å². The molecular formula is C16H21NO3. The summed E-state index contributed by atoms with van der Waals surface area (Å²) >= 11 is 0. The Labute approximate surface area is 119 Å². The van der Waals surface area contributed by atoms with E-state index in [1.807, 2.05) is 25.1 Å². The highest BCUT2D eigenvalue weighted by Gasteiger charge is 2.21. The van der Waals surface area contributed by atoms with Crippen LogP contribution in [0.1, 0.15) is 32.3 Å². The molecule has 108 valence electrons. The van der Waals surface area contributed by atoms with Crippen LogP contribution in [-0.2, 0) is 16.0 Å². The van der Waals surface area contributed by atoms with Gasteiger partial charge in [-0.25, -0.2) is 0 Å². The molecule has 1 aromatic rings. The molecule has 0 aromatic heterocycles. The van der Waals surface area contributed by atoms with Gasteiger partial charge in [-0.1, -0.05) is 6.58 Å². The second kappa shape index (κ2) is 6.46. The highest BCUT2D eigenvalue weighted by molar-refractivity contribution is 5.88. The first-order chi connectivity index (χ1) is 9.58. The van der Waals surface area contributed by atoms with Gasteiger partial charge in [0.2, 0.25) is 5.91 Å². The fourth-order valence-corrected chi connectivity index (χ4v) is 2.39. The molecule has 1 aromatic carbocycles. The number of ether oxygens (including phenoxy) is 2. The van der Waals surface area contributed by atoms with Gasteiger partial charge in [0.1, 0.15) is 11.9 Å². The van der Waals surface area contributed by atoms with Crippen LogP contribution < -0.4 is 10.1 Å². The third kappa shape index (κ3) is 3.76. The number of carbonyl (C=O) groups is 1. The number of rotatable bonds is 5. The van der Waals surface area contributed by atoms with Gasteiger partial charge in [-0.3, -0.25) is 4.79 Å². The minimum atomic E-state index is -0.0624. The molecule has 0 saturated carbocycles. The highest BCUT2D eigenvalue weighted by Crippen LogP contribution is 2.31. The lowest BCUT2D eigenvalue weighted by Gasteiger charge is -2.27. The molecule has 1 aliphatic heterocycles. The monoisotopic (exact) mass is 275 g/mol. The molecule has 1 heterocycles. The zero-order valence-corrected chi connectivity index (χ0v) is 12.1. The van der Waals surface area contributed by atoms with Gasteiger partial charge in [0.05, 0.1) is 12.4 Å². The minimum Gasteiger partial charge on any atom is -0.499 e. The summed E-state index contributed by atoms with van der Waals surface area (Å²) in [5.41, 5.74) is 1.95. The Morgan fingerprint density at radius 2 is 2.35 bits per heavy atom. The van der Waals surface area contributed by atoms with Crippen LogP contribution in [0.2, 0.25) is 0 Å². The Morgan fingerprint density at radius 3 is 3.05 bits per heavy atom. The molecule has 1 aliphatic rings. The average Bonchev–Trinajstić information content (AvgIpc) is 2.38. The second-order valence-electron chi connectivity index (χ2n) is 4.96. The second-order valence-corrected chi connectivity index (χ2v) is 4.96. The van der Waals surface area contributed by atoms with E-state index < -0.39 is 0 Å². The number of anilines is 1. The predicted octanol–water partition coefficient (Wildman–Crippen LogP) is 3.28. The quantitative estimate of drug-likeness (QED) is 0.839. The fraction of sp³-hybridized carbons (Fsp3) is 0.438. The lowest BCUT2D eigenvalue weighted by Crippen LogP contribution is -2.23. The fourth-order valence-electron chi connectivity index (χ4n) is 2.39. The van der Waals surface area contributed by atoms with E-state index in [0.29, 0.717) is 6.61 Å². The molecule has 0 spiro atoms. The normalized spacial score (nSPS) is 16.8. The van der Waals surface area contributed by atoms with Crippen LogP contribution >= 0.6 is 0 Å². The van der Waals surface area contributed by atoms with Gasteiger partial charge in [-0.15, -0.1) is 0 Å². The summed E-state index contributed by atoms with van der Waals surface area (Å²) in [6.45, 7) is 7.99. The number of aryl methyl sites for hydroxylation is 1. The summed E-state index contributed by atoms with van der Waals surface area (Å²) in [7, 11) is 0. The number of amides is 1. The molecule has 1 amide bonds. The van der Waals surface area contributed by atoms with Gasteiger partial charge in [0, 0.05) is 19.0 Å². The zero-order chi connectivity index (χ0) is 14.5. The third-order valence-corrected chi connectivity index (χ3v) is 3.21. The molecule has 1 atom stereocenters. The summed E-state index contributed by atoms with van der Waals surface area (Å²) in [6.07, 6.45) is 2.71. The Hall–Kier alpha value is -1.97. The van der Waals surface area contributed by atoms with Crippen molar-refractivity contribution in [3.8, 4) is 5.75 Å². The van der Waals surface area contributed by atoms with E-state index in [1.54, 1.807) is 0 Å². The lowest BCUT2D eigenvalue weighted by molar-refractivity contribution is -0.114. The molecule has 0 bridgehead atoms. The molecule has 1 unspecified atom stereocenters. The minimum absolute atomic E-state index is 0.0624. The van der Waals surface area contributed by atoms with E-state index in [4.69, 9.17) is 9.47 Å². The number of carbonyl (C=O) groups excluding carboxylic acids is 1. The van der Waals surface area contributed by atoms with Crippen molar-refractivity contribution < 1.29 is 14.3 Å². The summed E-state index contributed by atoms with van der Waals surface area (Å²) in [5.74, 6) is 1.60. The van der Waals surface area contributed by atoms with Crippen molar-refractivity contribution in [1.82, 2.24) is 0 Å². The van der Waals surface area contributed by atoms with E-state index in [-0.39, 0.29) is 12.0 Å². The van der Waals surface area contributed by atoms with Crippen LogP contribution in [0, 0.1) is 0 Å². The summed E-state index contributed by atoms with van der Waals surface area (Å²) in [5, 5.41) is 2.79. The summed E-state index contributed by atoms with van der Waals surface area (Å²) in [4.78, 5) is 11.1. The van der Waals surface area contributed by atoms with E-state index in [1.165, 1.54) is 6.92 Å². The van der Waals surface area contributed by atoms with Crippen molar-refractivity contribution in [3.63, 3.8) is 0 Å². The number of fused-ring (bicyclic) bond motifs is 1. The van der Waals surface area contributed by atoms with Crippen molar-refractivity contribution in [3.05, 3.63) is 36.1 Å². The van der Waals surface area contributed by atoms with E-state index in [9.17, 15) is 4.79 Å². The molecule has 2 rings (SSSR count).